The number of halogens is 2. The number of carbonyl (C=O) groups is 1. The van der Waals surface area contributed by atoms with Crippen LogP contribution in [-0.4, -0.2) is 15.8 Å². The molecule has 0 atom stereocenters. The fraction of sp³-hybridized carbons (Fsp3) is 0.154. The Morgan fingerprint density at radius 1 is 1.33 bits per heavy atom. The Bertz CT molecular complexity index is 584. The highest BCUT2D eigenvalue weighted by Crippen LogP contribution is 2.18. The minimum absolute atomic E-state index is 0.0142. The summed E-state index contributed by atoms with van der Waals surface area (Å²) in [6.07, 6.45) is 3.11. The Labute approximate surface area is 109 Å². The molecule has 0 unspecified atom stereocenters. The van der Waals surface area contributed by atoms with Gasteiger partial charge < -0.3 is 0 Å². The standard InChI is InChI=1S/C13H10ClFN2O/c1-8-6-16-13(17-7-8)12(18)5-9-4-10(15)2-3-11(9)14/h2-4,6-7H,5H2,1H3. The van der Waals surface area contributed by atoms with E-state index in [0.29, 0.717) is 10.6 Å². The van der Waals surface area contributed by atoms with Crippen LogP contribution in [0.1, 0.15) is 21.7 Å². The van der Waals surface area contributed by atoms with Gasteiger partial charge in [0.25, 0.3) is 0 Å². The van der Waals surface area contributed by atoms with Gasteiger partial charge in [-0.1, -0.05) is 11.6 Å². The Morgan fingerprint density at radius 2 is 2.00 bits per heavy atom. The summed E-state index contributed by atoms with van der Waals surface area (Å²) in [5, 5.41) is 0.358. The molecule has 0 spiro atoms. The third-order valence-corrected chi connectivity index (χ3v) is 2.76. The molecule has 0 bridgehead atoms. The number of aryl methyl sites for hydroxylation is 1. The van der Waals surface area contributed by atoms with Crippen LogP contribution >= 0.6 is 11.6 Å². The molecule has 2 aromatic rings. The van der Waals surface area contributed by atoms with Crippen molar-refractivity contribution in [2.75, 3.05) is 0 Å². The number of Topliss-reactive ketones (excluding diaryl/α,β-unsaturated/α-hetero) is 1. The Kier molecular flexibility index (Phi) is 3.67. The highest BCUT2D eigenvalue weighted by atomic mass is 35.5. The third kappa shape index (κ3) is 2.90. The van der Waals surface area contributed by atoms with E-state index >= 15 is 0 Å². The van der Waals surface area contributed by atoms with Crippen molar-refractivity contribution in [1.29, 1.82) is 0 Å². The number of nitrogens with zero attached hydrogens (tertiary/aromatic N) is 2. The summed E-state index contributed by atoms with van der Waals surface area (Å²) in [4.78, 5) is 19.7. The van der Waals surface area contributed by atoms with Gasteiger partial charge in [0.1, 0.15) is 5.82 Å². The van der Waals surface area contributed by atoms with Gasteiger partial charge in [-0.3, -0.25) is 4.79 Å². The van der Waals surface area contributed by atoms with Crippen LogP contribution in [-0.2, 0) is 6.42 Å². The lowest BCUT2D eigenvalue weighted by Crippen LogP contribution is -2.09. The second-order valence-corrected chi connectivity index (χ2v) is 4.33. The summed E-state index contributed by atoms with van der Waals surface area (Å²) >= 11 is 5.89. The zero-order valence-electron chi connectivity index (χ0n) is 9.65. The number of rotatable bonds is 3. The maximum Gasteiger partial charge on any atom is 0.204 e. The average Bonchev–Trinajstić information content (AvgIpc) is 2.34. The van der Waals surface area contributed by atoms with Crippen molar-refractivity contribution in [3.8, 4) is 0 Å². The molecule has 2 rings (SSSR count). The summed E-state index contributed by atoms with van der Waals surface area (Å²) in [5.41, 5.74) is 1.31. The van der Waals surface area contributed by atoms with Gasteiger partial charge in [0, 0.05) is 23.8 Å². The quantitative estimate of drug-likeness (QED) is 0.801. The van der Waals surface area contributed by atoms with Crippen LogP contribution in [0.5, 0.6) is 0 Å². The van der Waals surface area contributed by atoms with E-state index in [1.54, 1.807) is 12.4 Å². The summed E-state index contributed by atoms with van der Waals surface area (Å²) in [7, 11) is 0. The van der Waals surface area contributed by atoms with E-state index in [1.807, 2.05) is 6.92 Å². The summed E-state index contributed by atoms with van der Waals surface area (Å²) in [5.74, 6) is -0.601. The van der Waals surface area contributed by atoms with Crippen LogP contribution in [0.25, 0.3) is 0 Å². The molecule has 1 aromatic carbocycles. The summed E-state index contributed by atoms with van der Waals surface area (Å²) in [6.45, 7) is 1.83. The van der Waals surface area contributed by atoms with Crippen molar-refractivity contribution < 1.29 is 9.18 Å². The normalized spacial score (nSPS) is 10.4. The predicted octanol–water partition coefficient (Wildman–Crippen LogP) is 3.00. The molecule has 0 aliphatic rings. The zero-order valence-corrected chi connectivity index (χ0v) is 10.4. The number of aromatic nitrogens is 2. The molecular weight excluding hydrogens is 255 g/mol. The highest BCUT2D eigenvalue weighted by molar-refractivity contribution is 6.31. The van der Waals surface area contributed by atoms with E-state index in [9.17, 15) is 9.18 Å². The minimum atomic E-state index is -0.424. The first-order chi connectivity index (χ1) is 8.56. The average molecular weight is 265 g/mol. The van der Waals surface area contributed by atoms with Gasteiger partial charge in [-0.2, -0.15) is 0 Å². The molecule has 5 heteroatoms. The van der Waals surface area contributed by atoms with Gasteiger partial charge in [0.05, 0.1) is 0 Å². The largest absolute Gasteiger partial charge is 0.290 e. The molecule has 0 amide bonds. The number of carbonyl (C=O) groups excluding carboxylic acids is 1. The SMILES string of the molecule is Cc1cnc(C(=O)Cc2cc(F)ccc2Cl)nc1. The number of hydrogen-bond donors (Lipinski definition) is 0. The van der Waals surface area contributed by atoms with Gasteiger partial charge >= 0.3 is 0 Å². The molecule has 0 radical (unpaired) electrons. The topological polar surface area (TPSA) is 42.9 Å². The lowest BCUT2D eigenvalue weighted by molar-refractivity contribution is 0.0983. The fourth-order valence-corrected chi connectivity index (χ4v) is 1.65. The van der Waals surface area contributed by atoms with Crippen molar-refractivity contribution in [3.05, 3.63) is 58.4 Å². The molecule has 0 saturated carbocycles. The molecule has 3 nitrogen and oxygen atoms in total. The second kappa shape index (κ2) is 5.23. The molecule has 18 heavy (non-hydrogen) atoms. The number of benzene rings is 1. The van der Waals surface area contributed by atoms with Crippen molar-refractivity contribution in [2.24, 2.45) is 0 Å². The van der Waals surface area contributed by atoms with Crippen LogP contribution in [0.2, 0.25) is 5.02 Å². The first-order valence-corrected chi connectivity index (χ1v) is 5.70. The van der Waals surface area contributed by atoms with E-state index in [1.165, 1.54) is 18.2 Å². The van der Waals surface area contributed by atoms with Gasteiger partial charge in [-0.25, -0.2) is 14.4 Å². The van der Waals surface area contributed by atoms with Crippen molar-refractivity contribution in [2.45, 2.75) is 13.3 Å². The smallest absolute Gasteiger partial charge is 0.204 e. The first kappa shape index (κ1) is 12.6. The Hall–Kier alpha value is -1.81. The molecule has 0 saturated heterocycles. The van der Waals surface area contributed by atoms with Crippen LogP contribution < -0.4 is 0 Å². The van der Waals surface area contributed by atoms with E-state index < -0.39 is 5.82 Å². The molecule has 1 aromatic heterocycles. The summed E-state index contributed by atoms with van der Waals surface area (Å²) < 4.78 is 13.1. The van der Waals surface area contributed by atoms with E-state index in [0.717, 1.165) is 5.56 Å². The minimum Gasteiger partial charge on any atom is -0.290 e. The summed E-state index contributed by atoms with van der Waals surface area (Å²) in [6, 6.07) is 3.92. The lowest BCUT2D eigenvalue weighted by Gasteiger charge is -2.03. The van der Waals surface area contributed by atoms with Crippen LogP contribution in [0.3, 0.4) is 0 Å². The maximum atomic E-state index is 13.1. The number of ketones is 1. The molecule has 92 valence electrons. The fourth-order valence-electron chi connectivity index (χ4n) is 1.47. The Morgan fingerprint density at radius 3 is 2.67 bits per heavy atom. The van der Waals surface area contributed by atoms with Gasteiger partial charge in [0.2, 0.25) is 5.78 Å². The van der Waals surface area contributed by atoms with Crippen molar-refractivity contribution >= 4 is 17.4 Å². The molecule has 1 heterocycles. The highest BCUT2D eigenvalue weighted by Gasteiger charge is 2.12. The van der Waals surface area contributed by atoms with E-state index in [-0.39, 0.29) is 18.0 Å². The van der Waals surface area contributed by atoms with Crippen molar-refractivity contribution in [3.63, 3.8) is 0 Å². The monoisotopic (exact) mass is 264 g/mol. The van der Waals surface area contributed by atoms with Crippen LogP contribution in [0.4, 0.5) is 4.39 Å². The van der Waals surface area contributed by atoms with Gasteiger partial charge in [-0.05, 0) is 36.2 Å². The van der Waals surface area contributed by atoms with Crippen molar-refractivity contribution in [1.82, 2.24) is 9.97 Å². The molecule has 0 fully saturated rings. The maximum absolute atomic E-state index is 13.1. The van der Waals surface area contributed by atoms with Crippen LogP contribution in [0.15, 0.2) is 30.6 Å². The second-order valence-electron chi connectivity index (χ2n) is 3.92. The van der Waals surface area contributed by atoms with E-state index in [2.05, 4.69) is 9.97 Å². The molecule has 0 aliphatic heterocycles. The van der Waals surface area contributed by atoms with Crippen LogP contribution in [0, 0.1) is 12.7 Å². The lowest BCUT2D eigenvalue weighted by atomic mass is 10.1. The van der Waals surface area contributed by atoms with Gasteiger partial charge in [0.15, 0.2) is 5.82 Å². The Balaban J connectivity index is 2.21. The third-order valence-electron chi connectivity index (χ3n) is 2.39. The zero-order chi connectivity index (χ0) is 13.1. The molecular formula is C13H10ClFN2O. The van der Waals surface area contributed by atoms with Gasteiger partial charge in [-0.15, -0.1) is 0 Å². The molecule has 0 aliphatic carbocycles. The van der Waals surface area contributed by atoms with E-state index in [4.69, 9.17) is 11.6 Å². The predicted molar refractivity (Wildman–Crippen MR) is 66.2 cm³/mol. The molecule has 0 N–H and O–H groups in total. The first-order valence-electron chi connectivity index (χ1n) is 5.32. The number of hydrogen-bond acceptors (Lipinski definition) is 3.